The van der Waals surface area contributed by atoms with E-state index in [0.29, 0.717) is 22.6 Å². The molecule has 0 aromatic carbocycles. The van der Waals surface area contributed by atoms with Crippen LogP contribution in [0.4, 0.5) is 11.8 Å². The Labute approximate surface area is 157 Å². The fraction of sp³-hybridized carbons (Fsp3) is 0.286. The van der Waals surface area contributed by atoms with Crippen molar-refractivity contribution in [2.75, 3.05) is 18.2 Å². The Morgan fingerprint density at radius 1 is 1.42 bits per heavy atom. The molecule has 0 aliphatic rings. The second kappa shape index (κ2) is 7.70. The van der Waals surface area contributed by atoms with E-state index in [2.05, 4.69) is 35.2 Å². The minimum atomic E-state index is -0.465. The Kier molecular flexibility index (Phi) is 5.38. The summed E-state index contributed by atoms with van der Waals surface area (Å²) in [5.41, 5.74) is 6.78. The first-order valence-corrected chi connectivity index (χ1v) is 8.78. The number of H-pyrrole nitrogens is 1. The molecule has 3 aromatic rings. The number of nitrogen functional groups attached to an aromatic ring is 1. The maximum Gasteiger partial charge on any atom is 0.318 e. The third-order valence-electron chi connectivity index (χ3n) is 3.33. The van der Waals surface area contributed by atoms with Crippen molar-refractivity contribution in [1.29, 1.82) is 0 Å². The first kappa shape index (κ1) is 18.1. The molecule has 0 saturated heterocycles. The number of aromatic amines is 1. The lowest BCUT2D eigenvalue weighted by atomic mass is 10.3. The van der Waals surface area contributed by atoms with Crippen molar-refractivity contribution in [3.8, 4) is 6.01 Å². The van der Waals surface area contributed by atoms with Gasteiger partial charge in [-0.3, -0.25) is 4.79 Å². The second-order valence-corrected chi connectivity index (χ2v) is 6.64. The highest BCUT2D eigenvalue weighted by molar-refractivity contribution is 8.00. The lowest BCUT2D eigenvalue weighted by molar-refractivity contribution is -0.115. The largest absolute Gasteiger partial charge is 0.467 e. The topological polar surface area (TPSA) is 145 Å². The quantitative estimate of drug-likeness (QED) is 0.421. The monoisotopic (exact) mass is 394 g/mol. The van der Waals surface area contributed by atoms with Crippen LogP contribution in [0, 0.1) is 0 Å². The molecule has 1 amide bonds. The zero-order chi connectivity index (χ0) is 18.7. The molecule has 26 heavy (non-hydrogen) atoms. The van der Waals surface area contributed by atoms with Crippen molar-refractivity contribution in [3.63, 3.8) is 0 Å². The molecule has 0 spiro atoms. The van der Waals surface area contributed by atoms with Crippen LogP contribution in [0.5, 0.6) is 6.01 Å². The van der Waals surface area contributed by atoms with Crippen LogP contribution >= 0.6 is 23.4 Å². The minimum absolute atomic E-state index is 0.0888. The van der Waals surface area contributed by atoms with Gasteiger partial charge in [0.15, 0.2) is 11.5 Å². The number of hydrogen-bond acceptors (Lipinski definition) is 9. The van der Waals surface area contributed by atoms with Crippen LogP contribution in [0.2, 0.25) is 5.02 Å². The van der Waals surface area contributed by atoms with Crippen molar-refractivity contribution in [2.45, 2.75) is 23.6 Å². The van der Waals surface area contributed by atoms with Gasteiger partial charge in [-0.2, -0.15) is 9.97 Å². The molecule has 0 bridgehead atoms. The zero-order valence-corrected chi connectivity index (χ0v) is 15.4. The van der Waals surface area contributed by atoms with Gasteiger partial charge in [0.2, 0.25) is 11.9 Å². The molecule has 1 atom stereocenters. The fourth-order valence-electron chi connectivity index (χ4n) is 2.10. The summed E-state index contributed by atoms with van der Waals surface area (Å²) in [4.78, 5) is 35.8. The van der Waals surface area contributed by atoms with Crippen molar-refractivity contribution in [2.24, 2.45) is 0 Å². The van der Waals surface area contributed by atoms with E-state index in [1.165, 1.54) is 31.4 Å². The van der Waals surface area contributed by atoms with Crippen molar-refractivity contribution in [1.82, 2.24) is 29.9 Å². The predicted molar refractivity (Wildman–Crippen MR) is 98.3 cm³/mol. The molecule has 0 aliphatic heterocycles. The van der Waals surface area contributed by atoms with Crippen LogP contribution in [-0.4, -0.2) is 48.2 Å². The van der Waals surface area contributed by atoms with Crippen LogP contribution in [0.25, 0.3) is 11.2 Å². The first-order valence-electron chi connectivity index (χ1n) is 7.52. The van der Waals surface area contributed by atoms with Crippen LogP contribution in [0.15, 0.2) is 17.6 Å². The number of aromatic nitrogens is 6. The third-order valence-corrected chi connectivity index (χ3v) is 4.96. The summed E-state index contributed by atoms with van der Waals surface area (Å²) in [6.07, 6.45) is 3.39. The Balaban J connectivity index is 1.82. The van der Waals surface area contributed by atoms with Crippen LogP contribution in [-0.2, 0) is 4.79 Å². The Hall–Kier alpha value is -2.66. The fourth-order valence-corrected chi connectivity index (χ4v) is 3.25. The van der Waals surface area contributed by atoms with Gasteiger partial charge in [-0.05, 0) is 6.42 Å². The van der Waals surface area contributed by atoms with E-state index >= 15 is 0 Å². The molecule has 0 radical (unpaired) electrons. The summed E-state index contributed by atoms with van der Waals surface area (Å²) in [5.74, 6) is -0.0209. The number of thioether (sulfide) groups is 1. The number of nitrogens with one attached hydrogen (secondary N) is 2. The molecule has 3 rings (SSSR count). The summed E-state index contributed by atoms with van der Waals surface area (Å²) in [7, 11) is 1.43. The third kappa shape index (κ3) is 3.78. The first-order chi connectivity index (χ1) is 12.5. The van der Waals surface area contributed by atoms with E-state index in [-0.39, 0.29) is 28.7 Å². The number of ether oxygens (including phenoxy) is 1. The molecule has 136 valence electrons. The van der Waals surface area contributed by atoms with E-state index in [4.69, 9.17) is 22.1 Å². The van der Waals surface area contributed by atoms with E-state index in [1.54, 1.807) is 0 Å². The smallest absolute Gasteiger partial charge is 0.318 e. The number of nitrogens with two attached hydrogens (primary N) is 1. The standard InChI is InChI=1S/C14H15ClN8O2S/c1-3-7(11(24)20-9-6(15)4-17-14(22-9)25-2)26-12-8-10(19-5-18-8)21-13(16)23-12/h4-5,7H,3H2,1-2H3,(H,17,20,22,24)(H3,16,18,19,21,23)/t7-/m0/s1. The number of imidazole rings is 1. The number of methoxy groups -OCH3 is 1. The van der Waals surface area contributed by atoms with Crippen molar-refractivity contribution >= 4 is 52.2 Å². The van der Waals surface area contributed by atoms with Gasteiger partial charge < -0.3 is 20.8 Å². The highest BCUT2D eigenvalue weighted by Gasteiger charge is 2.23. The van der Waals surface area contributed by atoms with Gasteiger partial charge in [0, 0.05) is 0 Å². The van der Waals surface area contributed by atoms with Crippen LogP contribution < -0.4 is 15.8 Å². The molecule has 0 fully saturated rings. The number of amides is 1. The lowest BCUT2D eigenvalue weighted by Crippen LogP contribution is -2.25. The van der Waals surface area contributed by atoms with Gasteiger partial charge in [0.25, 0.3) is 0 Å². The van der Waals surface area contributed by atoms with Crippen molar-refractivity contribution in [3.05, 3.63) is 17.5 Å². The maximum atomic E-state index is 12.7. The highest BCUT2D eigenvalue weighted by Crippen LogP contribution is 2.30. The van der Waals surface area contributed by atoms with Crippen LogP contribution in [0.1, 0.15) is 13.3 Å². The summed E-state index contributed by atoms with van der Waals surface area (Å²) >= 11 is 7.29. The summed E-state index contributed by atoms with van der Waals surface area (Å²) in [6.45, 7) is 1.88. The van der Waals surface area contributed by atoms with Crippen molar-refractivity contribution < 1.29 is 9.53 Å². The lowest BCUT2D eigenvalue weighted by Gasteiger charge is -2.15. The van der Waals surface area contributed by atoms with E-state index < -0.39 is 5.25 Å². The normalized spacial score (nSPS) is 12.1. The molecule has 0 saturated carbocycles. The zero-order valence-electron chi connectivity index (χ0n) is 13.9. The molecule has 3 heterocycles. The number of hydrogen-bond donors (Lipinski definition) is 3. The summed E-state index contributed by atoms with van der Waals surface area (Å²) in [6, 6.07) is 0.105. The van der Waals surface area contributed by atoms with E-state index in [9.17, 15) is 4.79 Å². The average Bonchev–Trinajstić information content (AvgIpc) is 3.09. The van der Waals surface area contributed by atoms with Gasteiger partial charge in [0.05, 0.1) is 24.9 Å². The number of halogens is 1. The minimum Gasteiger partial charge on any atom is -0.467 e. The van der Waals surface area contributed by atoms with E-state index in [0.717, 1.165) is 0 Å². The highest BCUT2D eigenvalue weighted by atomic mass is 35.5. The Morgan fingerprint density at radius 3 is 2.96 bits per heavy atom. The molecule has 12 heteroatoms. The number of fused-ring (bicyclic) bond motifs is 1. The molecular weight excluding hydrogens is 380 g/mol. The molecule has 0 unspecified atom stereocenters. The predicted octanol–water partition coefficient (Wildman–Crippen LogP) is 1.90. The van der Waals surface area contributed by atoms with Crippen LogP contribution in [0.3, 0.4) is 0 Å². The number of nitrogens with zero attached hydrogens (tertiary/aromatic N) is 5. The second-order valence-electron chi connectivity index (χ2n) is 5.05. The SMILES string of the molecule is CC[C@H](Sc1nc(N)nc2nc[nH]c12)C(=O)Nc1nc(OC)ncc1Cl. The van der Waals surface area contributed by atoms with Gasteiger partial charge in [-0.15, -0.1) is 0 Å². The Bertz CT molecular complexity index is 950. The molecule has 0 aliphatic carbocycles. The number of anilines is 2. The van der Waals surface area contributed by atoms with Gasteiger partial charge >= 0.3 is 6.01 Å². The Morgan fingerprint density at radius 2 is 2.23 bits per heavy atom. The number of carbonyl (C=O) groups excluding carboxylic acids is 1. The van der Waals surface area contributed by atoms with E-state index in [1.807, 2.05) is 6.92 Å². The molecule has 3 aromatic heterocycles. The average molecular weight is 395 g/mol. The number of carbonyl (C=O) groups is 1. The summed E-state index contributed by atoms with van der Waals surface area (Å²) < 4.78 is 4.95. The van der Waals surface area contributed by atoms with Gasteiger partial charge in [0.1, 0.15) is 15.6 Å². The molecule has 4 N–H and O–H groups in total. The van der Waals surface area contributed by atoms with Gasteiger partial charge in [-0.25, -0.2) is 15.0 Å². The maximum absolute atomic E-state index is 12.7. The molecular formula is C14H15ClN8O2S. The summed E-state index contributed by atoms with van der Waals surface area (Å²) in [5, 5.41) is 2.97. The van der Waals surface area contributed by atoms with Gasteiger partial charge in [-0.1, -0.05) is 30.3 Å². The molecule has 10 nitrogen and oxygen atoms in total. The number of rotatable bonds is 6.